The fourth-order valence-corrected chi connectivity index (χ4v) is 5.90. The predicted molar refractivity (Wildman–Crippen MR) is 106 cm³/mol. The standard InChI is InChI=1S/C20H21N3OS2/c1-14-6-7-16(26-14)10-21-12-18-19(13-21)23(11-15-4-3-9-25-15)20(24)17-5-2-8-22(17)18/h2-9,18-19H,10-13H2,1H3/t18-,19+/m0/s1. The van der Waals surface area contributed by atoms with Crippen LogP contribution in [-0.2, 0) is 13.1 Å². The first kappa shape index (κ1) is 16.3. The summed E-state index contributed by atoms with van der Waals surface area (Å²) in [6.07, 6.45) is 2.08. The Balaban J connectivity index is 1.44. The second-order valence-electron chi connectivity index (χ2n) is 7.15. The van der Waals surface area contributed by atoms with Crippen molar-refractivity contribution in [3.63, 3.8) is 0 Å². The molecule has 26 heavy (non-hydrogen) atoms. The van der Waals surface area contributed by atoms with Gasteiger partial charge in [-0.3, -0.25) is 9.69 Å². The van der Waals surface area contributed by atoms with Crippen LogP contribution in [0.5, 0.6) is 0 Å². The molecule has 5 rings (SSSR count). The van der Waals surface area contributed by atoms with E-state index >= 15 is 0 Å². The number of nitrogens with zero attached hydrogens (tertiary/aromatic N) is 3. The van der Waals surface area contributed by atoms with Gasteiger partial charge in [-0.1, -0.05) is 6.07 Å². The fraction of sp³-hybridized carbons (Fsp3) is 0.350. The third-order valence-electron chi connectivity index (χ3n) is 5.43. The molecular weight excluding hydrogens is 362 g/mol. The van der Waals surface area contributed by atoms with E-state index in [0.29, 0.717) is 6.04 Å². The SMILES string of the molecule is Cc1ccc(CN2C[C@@H]3[C@H](C2)n2cccc2C(=O)N3Cc2cccs2)s1. The molecule has 4 nitrogen and oxygen atoms in total. The Kier molecular flexibility index (Phi) is 3.99. The van der Waals surface area contributed by atoms with Gasteiger partial charge in [0.15, 0.2) is 0 Å². The summed E-state index contributed by atoms with van der Waals surface area (Å²) in [6.45, 7) is 5.79. The van der Waals surface area contributed by atoms with Gasteiger partial charge in [0, 0.05) is 40.5 Å². The molecule has 3 aromatic heterocycles. The van der Waals surface area contributed by atoms with E-state index in [4.69, 9.17) is 0 Å². The first-order valence-electron chi connectivity index (χ1n) is 8.97. The number of likely N-dealkylation sites (tertiary alicyclic amines) is 1. The second kappa shape index (κ2) is 6.37. The van der Waals surface area contributed by atoms with Gasteiger partial charge in [-0.2, -0.15) is 0 Å². The summed E-state index contributed by atoms with van der Waals surface area (Å²) in [5, 5.41) is 2.09. The van der Waals surface area contributed by atoms with E-state index in [1.165, 1.54) is 14.6 Å². The van der Waals surface area contributed by atoms with Gasteiger partial charge in [0.2, 0.25) is 0 Å². The number of thiophene rings is 2. The summed E-state index contributed by atoms with van der Waals surface area (Å²) in [5.74, 6) is 0.165. The maximum Gasteiger partial charge on any atom is 0.271 e. The van der Waals surface area contributed by atoms with Crippen molar-refractivity contribution in [2.45, 2.75) is 32.1 Å². The molecule has 0 bridgehead atoms. The summed E-state index contributed by atoms with van der Waals surface area (Å²) in [5.41, 5.74) is 0.830. The van der Waals surface area contributed by atoms with E-state index in [2.05, 4.69) is 57.1 Å². The summed E-state index contributed by atoms with van der Waals surface area (Å²) in [6, 6.07) is 13.2. The minimum atomic E-state index is 0.165. The molecule has 0 spiro atoms. The number of aromatic nitrogens is 1. The van der Waals surface area contributed by atoms with Crippen molar-refractivity contribution >= 4 is 28.6 Å². The van der Waals surface area contributed by atoms with Crippen LogP contribution in [0.1, 0.15) is 31.2 Å². The molecule has 1 fully saturated rings. The van der Waals surface area contributed by atoms with E-state index in [9.17, 15) is 4.79 Å². The number of fused-ring (bicyclic) bond motifs is 3. The third kappa shape index (κ3) is 2.73. The van der Waals surface area contributed by atoms with Gasteiger partial charge < -0.3 is 9.47 Å². The molecule has 0 N–H and O–H groups in total. The molecule has 1 amide bonds. The normalized spacial score (nSPS) is 22.7. The highest BCUT2D eigenvalue weighted by Crippen LogP contribution is 2.36. The van der Waals surface area contributed by atoms with Crippen LogP contribution in [0.4, 0.5) is 0 Å². The summed E-state index contributed by atoms with van der Waals surface area (Å²) in [7, 11) is 0. The van der Waals surface area contributed by atoms with Crippen molar-refractivity contribution in [2.75, 3.05) is 13.1 Å². The highest BCUT2D eigenvalue weighted by Gasteiger charge is 2.44. The van der Waals surface area contributed by atoms with Crippen LogP contribution in [0.2, 0.25) is 0 Å². The lowest BCUT2D eigenvalue weighted by Gasteiger charge is -2.38. The zero-order valence-corrected chi connectivity index (χ0v) is 16.3. The molecule has 0 unspecified atom stereocenters. The Hall–Kier alpha value is -1.89. The first-order valence-corrected chi connectivity index (χ1v) is 10.7. The molecule has 6 heteroatoms. The quantitative estimate of drug-likeness (QED) is 0.681. The number of aryl methyl sites for hydroxylation is 1. The zero-order chi connectivity index (χ0) is 17.7. The van der Waals surface area contributed by atoms with Gasteiger partial charge in [-0.15, -0.1) is 22.7 Å². The van der Waals surface area contributed by atoms with Gasteiger partial charge in [0.05, 0.1) is 18.6 Å². The Morgan fingerprint density at radius 3 is 2.69 bits per heavy atom. The fourth-order valence-electron chi connectivity index (χ4n) is 4.27. The number of hydrogen-bond acceptors (Lipinski definition) is 4. The maximum atomic E-state index is 13.1. The number of carbonyl (C=O) groups excluding carboxylic acids is 1. The van der Waals surface area contributed by atoms with E-state index in [-0.39, 0.29) is 11.9 Å². The lowest BCUT2D eigenvalue weighted by atomic mass is 10.1. The van der Waals surface area contributed by atoms with Crippen molar-refractivity contribution in [1.82, 2.24) is 14.4 Å². The summed E-state index contributed by atoms with van der Waals surface area (Å²) < 4.78 is 2.21. The molecule has 2 aliphatic heterocycles. The largest absolute Gasteiger partial charge is 0.337 e. The molecule has 0 aliphatic carbocycles. The Morgan fingerprint density at radius 1 is 1.04 bits per heavy atom. The molecule has 1 saturated heterocycles. The molecule has 2 atom stereocenters. The van der Waals surface area contributed by atoms with E-state index in [0.717, 1.165) is 31.9 Å². The highest BCUT2D eigenvalue weighted by molar-refractivity contribution is 7.11. The average molecular weight is 384 g/mol. The van der Waals surface area contributed by atoms with Gasteiger partial charge in [0.25, 0.3) is 5.91 Å². The van der Waals surface area contributed by atoms with Crippen LogP contribution in [0, 0.1) is 6.92 Å². The van der Waals surface area contributed by atoms with Gasteiger partial charge >= 0.3 is 0 Å². The smallest absolute Gasteiger partial charge is 0.271 e. The lowest BCUT2D eigenvalue weighted by Crippen LogP contribution is -2.49. The van der Waals surface area contributed by atoms with Crippen molar-refractivity contribution < 1.29 is 4.79 Å². The monoisotopic (exact) mass is 383 g/mol. The number of carbonyl (C=O) groups is 1. The van der Waals surface area contributed by atoms with Crippen LogP contribution in [0.3, 0.4) is 0 Å². The predicted octanol–water partition coefficient (Wildman–Crippen LogP) is 4.00. The average Bonchev–Trinajstić information content (AvgIpc) is 3.39. The first-order chi connectivity index (χ1) is 12.7. The van der Waals surface area contributed by atoms with Gasteiger partial charge in [0.1, 0.15) is 5.69 Å². The number of amides is 1. The van der Waals surface area contributed by atoms with Crippen LogP contribution in [0.25, 0.3) is 0 Å². The molecule has 134 valence electrons. The molecule has 0 aromatic carbocycles. The van der Waals surface area contributed by atoms with Gasteiger partial charge in [-0.25, -0.2) is 0 Å². The van der Waals surface area contributed by atoms with Crippen LogP contribution < -0.4 is 0 Å². The summed E-state index contributed by atoms with van der Waals surface area (Å²) >= 11 is 3.60. The minimum Gasteiger partial charge on any atom is -0.337 e. The zero-order valence-electron chi connectivity index (χ0n) is 14.7. The molecular formula is C20H21N3OS2. The maximum absolute atomic E-state index is 13.1. The molecule has 0 radical (unpaired) electrons. The molecule has 3 aromatic rings. The van der Waals surface area contributed by atoms with Crippen LogP contribution in [0.15, 0.2) is 48.0 Å². The van der Waals surface area contributed by atoms with E-state index in [1.54, 1.807) is 11.3 Å². The number of rotatable bonds is 4. The Bertz CT molecular complexity index is 927. The Morgan fingerprint density at radius 2 is 1.92 bits per heavy atom. The van der Waals surface area contributed by atoms with Gasteiger partial charge in [-0.05, 0) is 42.6 Å². The molecule has 5 heterocycles. The topological polar surface area (TPSA) is 28.5 Å². The highest BCUT2D eigenvalue weighted by atomic mass is 32.1. The van der Waals surface area contributed by atoms with Crippen molar-refractivity contribution in [1.29, 1.82) is 0 Å². The molecule has 2 aliphatic rings. The van der Waals surface area contributed by atoms with Crippen molar-refractivity contribution in [3.05, 3.63) is 68.3 Å². The lowest BCUT2D eigenvalue weighted by molar-refractivity contribution is 0.0559. The second-order valence-corrected chi connectivity index (χ2v) is 9.56. The van der Waals surface area contributed by atoms with Crippen LogP contribution >= 0.6 is 22.7 Å². The third-order valence-corrected chi connectivity index (χ3v) is 7.28. The minimum absolute atomic E-state index is 0.165. The van der Waals surface area contributed by atoms with E-state index < -0.39 is 0 Å². The van der Waals surface area contributed by atoms with Crippen LogP contribution in [-0.4, -0.2) is 39.4 Å². The van der Waals surface area contributed by atoms with Crippen molar-refractivity contribution in [3.8, 4) is 0 Å². The summed E-state index contributed by atoms with van der Waals surface area (Å²) in [4.78, 5) is 21.7. The Labute approximate surface area is 161 Å². The van der Waals surface area contributed by atoms with E-state index in [1.807, 2.05) is 23.5 Å². The van der Waals surface area contributed by atoms with Crippen molar-refractivity contribution in [2.24, 2.45) is 0 Å². The molecule has 0 saturated carbocycles. The number of hydrogen-bond donors (Lipinski definition) is 0.